The van der Waals surface area contributed by atoms with E-state index in [1.54, 1.807) is 4.57 Å². The maximum atomic E-state index is 12.4. The van der Waals surface area contributed by atoms with Gasteiger partial charge in [-0.05, 0) is 41.4 Å². The quantitative estimate of drug-likeness (QED) is 0.514. The second-order valence-electron chi connectivity index (χ2n) is 6.54. The molecule has 28 heavy (non-hydrogen) atoms. The van der Waals surface area contributed by atoms with Crippen molar-refractivity contribution in [2.75, 3.05) is 5.32 Å². The van der Waals surface area contributed by atoms with Crippen molar-refractivity contribution in [3.05, 3.63) is 52.1 Å². The van der Waals surface area contributed by atoms with E-state index in [2.05, 4.69) is 20.8 Å². The lowest BCUT2D eigenvalue weighted by molar-refractivity contribution is -0.122. The summed E-state index contributed by atoms with van der Waals surface area (Å²) in [6.45, 7) is 4.10. The number of hydrogen-bond donors (Lipinski definition) is 3. The van der Waals surface area contributed by atoms with Gasteiger partial charge in [-0.1, -0.05) is 32.0 Å². The van der Waals surface area contributed by atoms with Gasteiger partial charge in [0.1, 0.15) is 6.54 Å². The molecule has 9 heteroatoms. The summed E-state index contributed by atoms with van der Waals surface area (Å²) in [6, 6.07) is 11.3. The lowest BCUT2D eigenvalue weighted by atomic mass is 10.1. The van der Waals surface area contributed by atoms with E-state index in [9.17, 15) is 9.59 Å². The number of nitrogens with zero attached hydrogens (tertiary/aromatic N) is 2. The van der Waals surface area contributed by atoms with Crippen LogP contribution in [-0.2, 0) is 22.7 Å². The lowest BCUT2D eigenvalue weighted by Gasteiger charge is -2.10. The molecule has 1 aromatic carbocycles. The number of anilines is 1. The van der Waals surface area contributed by atoms with Crippen molar-refractivity contribution in [3.8, 4) is 10.7 Å². The minimum Gasteiger partial charge on any atom is -0.350 e. The smallest absolute Gasteiger partial charge is 0.240 e. The highest BCUT2D eigenvalue weighted by Crippen LogP contribution is 2.22. The van der Waals surface area contributed by atoms with Crippen LogP contribution in [0.3, 0.4) is 0 Å². The predicted molar refractivity (Wildman–Crippen MR) is 112 cm³/mol. The molecule has 0 unspecified atom stereocenters. The number of nitrogens with one attached hydrogen (secondary N) is 3. The molecular formula is C19H21N5O2S2. The van der Waals surface area contributed by atoms with Crippen LogP contribution in [0, 0.1) is 10.7 Å². The number of hydrogen-bond acceptors (Lipinski definition) is 5. The topological polar surface area (TPSA) is 91.8 Å². The molecule has 0 saturated heterocycles. The van der Waals surface area contributed by atoms with Gasteiger partial charge in [-0.3, -0.25) is 19.3 Å². The number of benzene rings is 1. The molecule has 0 radical (unpaired) electrons. The van der Waals surface area contributed by atoms with Crippen LogP contribution in [0.15, 0.2) is 41.8 Å². The minimum absolute atomic E-state index is 0.0448. The van der Waals surface area contributed by atoms with Gasteiger partial charge >= 0.3 is 0 Å². The SMILES string of the molecule is CC(C)C(=O)Nc1cccc(CNC(=O)Cn2c(-c3cccs3)n[nH]c2=S)c1. The molecule has 0 fully saturated rings. The van der Waals surface area contributed by atoms with Crippen molar-refractivity contribution in [2.24, 2.45) is 5.92 Å². The molecule has 146 valence electrons. The molecule has 0 spiro atoms. The lowest BCUT2D eigenvalue weighted by Crippen LogP contribution is -2.27. The Balaban J connectivity index is 1.62. The van der Waals surface area contributed by atoms with Crippen LogP contribution >= 0.6 is 23.6 Å². The first-order valence-corrected chi connectivity index (χ1v) is 10.1. The Morgan fingerprint density at radius 3 is 2.82 bits per heavy atom. The number of rotatable bonds is 7. The number of H-pyrrole nitrogens is 1. The number of aromatic amines is 1. The summed E-state index contributed by atoms with van der Waals surface area (Å²) in [6.07, 6.45) is 0. The van der Waals surface area contributed by atoms with Crippen LogP contribution in [0.2, 0.25) is 0 Å². The van der Waals surface area contributed by atoms with Crippen LogP contribution in [-0.4, -0.2) is 26.6 Å². The third-order valence-electron chi connectivity index (χ3n) is 4.01. The van der Waals surface area contributed by atoms with Gasteiger partial charge in [0.15, 0.2) is 10.6 Å². The molecule has 0 aliphatic carbocycles. The average molecular weight is 416 g/mol. The number of carbonyl (C=O) groups is 2. The van der Waals surface area contributed by atoms with Crippen molar-refractivity contribution in [1.82, 2.24) is 20.1 Å². The largest absolute Gasteiger partial charge is 0.350 e. The van der Waals surface area contributed by atoms with Gasteiger partial charge in [0.25, 0.3) is 0 Å². The van der Waals surface area contributed by atoms with Gasteiger partial charge in [-0.2, -0.15) is 5.10 Å². The number of thiophene rings is 1. The first kappa shape index (κ1) is 20.0. The van der Waals surface area contributed by atoms with E-state index in [-0.39, 0.29) is 24.3 Å². The Bertz CT molecular complexity index is 1020. The second-order valence-corrected chi connectivity index (χ2v) is 7.87. The van der Waals surface area contributed by atoms with Gasteiger partial charge in [0, 0.05) is 18.2 Å². The summed E-state index contributed by atoms with van der Waals surface area (Å²) in [5, 5.41) is 14.6. The average Bonchev–Trinajstić information content (AvgIpc) is 3.31. The Hall–Kier alpha value is -2.78. The Morgan fingerprint density at radius 1 is 1.29 bits per heavy atom. The zero-order chi connectivity index (χ0) is 20.1. The fraction of sp³-hybridized carbons (Fsp3) is 0.263. The molecule has 0 bridgehead atoms. The van der Waals surface area contributed by atoms with Crippen LogP contribution in [0.5, 0.6) is 0 Å². The summed E-state index contributed by atoms with van der Waals surface area (Å²) < 4.78 is 2.08. The van der Waals surface area contributed by atoms with E-state index in [0.717, 1.165) is 10.4 Å². The highest BCUT2D eigenvalue weighted by Gasteiger charge is 2.13. The number of aromatic nitrogens is 3. The Labute approximate surface area is 171 Å². The highest BCUT2D eigenvalue weighted by molar-refractivity contribution is 7.71. The standard InChI is InChI=1S/C19H21N5O2S2/c1-12(2)18(26)21-14-6-3-5-13(9-14)10-20-16(25)11-24-17(22-23-19(24)27)15-7-4-8-28-15/h3-9,12H,10-11H2,1-2H3,(H,20,25)(H,21,26)(H,23,27). The third kappa shape index (κ3) is 4.93. The summed E-state index contributed by atoms with van der Waals surface area (Å²) in [7, 11) is 0. The van der Waals surface area contributed by atoms with Crippen molar-refractivity contribution in [1.29, 1.82) is 0 Å². The van der Waals surface area contributed by atoms with E-state index in [0.29, 0.717) is 22.8 Å². The highest BCUT2D eigenvalue weighted by atomic mass is 32.1. The number of amides is 2. The van der Waals surface area contributed by atoms with Gasteiger partial charge in [-0.15, -0.1) is 11.3 Å². The van der Waals surface area contributed by atoms with Crippen LogP contribution in [0.25, 0.3) is 10.7 Å². The molecule has 0 atom stereocenters. The Morgan fingerprint density at radius 2 is 2.11 bits per heavy atom. The van der Waals surface area contributed by atoms with Gasteiger partial charge in [-0.25, -0.2) is 0 Å². The van der Waals surface area contributed by atoms with Crippen molar-refractivity contribution < 1.29 is 9.59 Å². The van der Waals surface area contributed by atoms with E-state index >= 15 is 0 Å². The maximum absolute atomic E-state index is 12.4. The molecule has 3 aromatic rings. The first-order valence-electron chi connectivity index (χ1n) is 8.79. The molecule has 3 N–H and O–H groups in total. The van der Waals surface area contributed by atoms with Crippen molar-refractivity contribution >= 4 is 41.1 Å². The molecule has 3 rings (SSSR count). The molecular weight excluding hydrogens is 394 g/mol. The molecule has 2 aromatic heterocycles. The minimum atomic E-state index is -0.174. The van der Waals surface area contributed by atoms with Crippen LogP contribution in [0.4, 0.5) is 5.69 Å². The molecule has 2 heterocycles. The Kier molecular flexibility index (Phi) is 6.37. The fourth-order valence-electron chi connectivity index (χ4n) is 2.50. The van der Waals surface area contributed by atoms with Crippen LogP contribution in [0.1, 0.15) is 19.4 Å². The summed E-state index contributed by atoms with van der Waals surface area (Å²) in [4.78, 5) is 25.2. The molecule has 0 aliphatic heterocycles. The molecule has 7 nitrogen and oxygen atoms in total. The third-order valence-corrected chi connectivity index (χ3v) is 5.19. The predicted octanol–water partition coefficient (Wildman–Crippen LogP) is 3.58. The van der Waals surface area contributed by atoms with E-state index in [1.165, 1.54) is 11.3 Å². The van der Waals surface area contributed by atoms with E-state index in [4.69, 9.17) is 12.2 Å². The van der Waals surface area contributed by atoms with Gasteiger partial charge in [0.2, 0.25) is 11.8 Å². The van der Waals surface area contributed by atoms with Gasteiger partial charge in [0.05, 0.1) is 4.88 Å². The number of carbonyl (C=O) groups excluding carboxylic acids is 2. The maximum Gasteiger partial charge on any atom is 0.240 e. The zero-order valence-electron chi connectivity index (χ0n) is 15.6. The molecule has 2 amide bonds. The van der Waals surface area contributed by atoms with Crippen LogP contribution < -0.4 is 10.6 Å². The monoisotopic (exact) mass is 415 g/mol. The van der Waals surface area contributed by atoms with E-state index < -0.39 is 0 Å². The first-order chi connectivity index (χ1) is 13.4. The van der Waals surface area contributed by atoms with Gasteiger partial charge < -0.3 is 10.6 Å². The van der Waals surface area contributed by atoms with Crippen molar-refractivity contribution in [3.63, 3.8) is 0 Å². The zero-order valence-corrected chi connectivity index (χ0v) is 17.2. The normalized spacial score (nSPS) is 10.8. The fourth-order valence-corrected chi connectivity index (χ4v) is 3.42. The second kappa shape index (κ2) is 8.94. The summed E-state index contributed by atoms with van der Waals surface area (Å²) in [5.74, 6) is 0.331. The van der Waals surface area contributed by atoms with E-state index in [1.807, 2.05) is 55.6 Å². The molecule has 0 aliphatic rings. The van der Waals surface area contributed by atoms with Crippen molar-refractivity contribution in [2.45, 2.75) is 26.9 Å². The summed E-state index contributed by atoms with van der Waals surface area (Å²) >= 11 is 6.78. The molecule has 0 saturated carbocycles. The summed E-state index contributed by atoms with van der Waals surface area (Å²) in [5.41, 5.74) is 1.60.